The van der Waals surface area contributed by atoms with Crippen LogP contribution in [0.25, 0.3) is 0 Å². The van der Waals surface area contributed by atoms with E-state index in [0.717, 1.165) is 19.4 Å². The van der Waals surface area contributed by atoms with Crippen LogP contribution in [0.1, 0.15) is 12.8 Å². The molecule has 1 unspecified atom stereocenters. The first-order chi connectivity index (χ1) is 7.58. The Morgan fingerprint density at radius 1 is 1.19 bits per heavy atom. The Morgan fingerprint density at radius 3 is 2.38 bits per heavy atom. The lowest BCUT2D eigenvalue weighted by Crippen LogP contribution is -2.11. The van der Waals surface area contributed by atoms with Crippen molar-refractivity contribution in [1.82, 2.24) is 0 Å². The quantitative estimate of drug-likeness (QED) is 0.338. The molecule has 1 N–H and O–H groups in total. The van der Waals surface area contributed by atoms with E-state index in [4.69, 9.17) is 18.8 Å². The molecule has 7 heteroatoms. The second-order valence-corrected chi connectivity index (χ2v) is 5.21. The third kappa shape index (κ3) is 9.05. The van der Waals surface area contributed by atoms with Gasteiger partial charge in [0, 0.05) is 13.2 Å². The van der Waals surface area contributed by atoms with Gasteiger partial charge in [0.2, 0.25) is 0 Å². The van der Waals surface area contributed by atoms with Crippen molar-refractivity contribution in [1.29, 1.82) is 0 Å². The molecule has 96 valence electrons. The van der Waals surface area contributed by atoms with Gasteiger partial charge in [0.1, 0.15) is 6.10 Å². The Labute approximate surface area is 95.6 Å². The molecular formula is C9H18O6S. The minimum absolute atomic E-state index is 0.0373. The van der Waals surface area contributed by atoms with Crippen LogP contribution in [0.3, 0.4) is 0 Å². The smallest absolute Gasteiger partial charge is 0.267 e. The molecule has 0 bridgehead atoms. The minimum Gasteiger partial charge on any atom is -0.380 e. The van der Waals surface area contributed by atoms with Gasteiger partial charge >= 0.3 is 0 Å². The highest BCUT2D eigenvalue weighted by atomic mass is 32.2. The van der Waals surface area contributed by atoms with Gasteiger partial charge in [0.15, 0.2) is 0 Å². The van der Waals surface area contributed by atoms with E-state index in [1.165, 1.54) is 0 Å². The van der Waals surface area contributed by atoms with Crippen molar-refractivity contribution in [2.45, 2.75) is 18.9 Å². The Balaban J connectivity index is 1.73. The molecule has 0 aliphatic carbocycles. The molecule has 0 aromatic heterocycles. The summed E-state index contributed by atoms with van der Waals surface area (Å²) in [6.07, 6.45) is 1.99. The fourth-order valence-corrected chi connectivity index (χ4v) is 1.38. The molecule has 1 heterocycles. The largest absolute Gasteiger partial charge is 0.380 e. The summed E-state index contributed by atoms with van der Waals surface area (Å²) in [5, 5.41) is 0. The third-order valence-corrected chi connectivity index (χ3v) is 2.70. The van der Waals surface area contributed by atoms with E-state index in [9.17, 15) is 8.42 Å². The predicted octanol–water partition coefficient (Wildman–Crippen LogP) is 0.0864. The zero-order valence-corrected chi connectivity index (χ0v) is 9.95. The van der Waals surface area contributed by atoms with Crippen molar-refractivity contribution in [3.05, 3.63) is 0 Å². The van der Waals surface area contributed by atoms with Crippen LogP contribution in [0.15, 0.2) is 0 Å². The highest BCUT2D eigenvalue weighted by Crippen LogP contribution is 2.08. The van der Waals surface area contributed by atoms with Gasteiger partial charge in [-0.05, 0) is 12.8 Å². The maximum Gasteiger partial charge on any atom is 0.267 e. The van der Waals surface area contributed by atoms with Crippen LogP contribution in [-0.2, 0) is 24.3 Å². The van der Waals surface area contributed by atoms with Crippen molar-refractivity contribution < 1.29 is 27.2 Å². The highest BCUT2D eigenvalue weighted by molar-refractivity contribution is 7.85. The minimum atomic E-state index is -3.89. The molecule has 1 saturated heterocycles. The van der Waals surface area contributed by atoms with Crippen molar-refractivity contribution in [3.63, 3.8) is 0 Å². The molecule has 0 aromatic carbocycles. The lowest BCUT2D eigenvalue weighted by molar-refractivity contribution is 0.0980. The summed E-state index contributed by atoms with van der Waals surface area (Å²) in [5.41, 5.74) is 0. The lowest BCUT2D eigenvalue weighted by atomic mass is 10.3. The molecule has 0 aromatic rings. The van der Waals surface area contributed by atoms with Gasteiger partial charge in [-0.1, -0.05) is 0 Å². The Morgan fingerprint density at radius 2 is 1.81 bits per heavy atom. The number of hydrogen-bond donors (Lipinski definition) is 1. The van der Waals surface area contributed by atoms with E-state index >= 15 is 0 Å². The van der Waals surface area contributed by atoms with Crippen molar-refractivity contribution in [2.75, 3.05) is 38.8 Å². The molecular weight excluding hydrogens is 236 g/mol. The normalized spacial score (nSPS) is 19.9. The van der Waals surface area contributed by atoms with Gasteiger partial charge < -0.3 is 14.2 Å². The SMILES string of the molecule is O=S(=O)(O)CCOCCCCOCC1CO1. The molecule has 1 atom stereocenters. The van der Waals surface area contributed by atoms with Crippen molar-refractivity contribution >= 4 is 10.1 Å². The summed E-state index contributed by atoms with van der Waals surface area (Å²) in [5.74, 6) is -0.345. The number of epoxide rings is 1. The summed E-state index contributed by atoms with van der Waals surface area (Å²) in [6, 6.07) is 0. The molecule has 0 spiro atoms. The Hall–Kier alpha value is -0.210. The second kappa shape index (κ2) is 7.18. The molecule has 1 rings (SSSR count). The van der Waals surface area contributed by atoms with Gasteiger partial charge in [-0.3, -0.25) is 4.55 Å². The average Bonchev–Trinajstić information content (AvgIpc) is 2.97. The molecule has 1 aliphatic heterocycles. The second-order valence-electron chi connectivity index (χ2n) is 3.64. The Bertz CT molecular complexity index is 272. The van der Waals surface area contributed by atoms with Crippen LogP contribution in [-0.4, -0.2) is 57.9 Å². The van der Waals surface area contributed by atoms with E-state index in [-0.39, 0.29) is 12.4 Å². The first-order valence-electron chi connectivity index (χ1n) is 5.30. The zero-order chi connectivity index (χ0) is 11.9. The highest BCUT2D eigenvalue weighted by Gasteiger charge is 2.21. The summed E-state index contributed by atoms with van der Waals surface area (Å²) in [6.45, 7) is 2.65. The van der Waals surface area contributed by atoms with E-state index in [1.807, 2.05) is 0 Å². The van der Waals surface area contributed by atoms with Gasteiger partial charge in [-0.15, -0.1) is 0 Å². The summed E-state index contributed by atoms with van der Waals surface area (Å²) >= 11 is 0. The summed E-state index contributed by atoms with van der Waals surface area (Å²) < 4.78 is 44.3. The first kappa shape index (κ1) is 13.9. The number of unbranched alkanes of at least 4 members (excludes halogenated alkanes) is 1. The molecule has 1 fully saturated rings. The zero-order valence-electron chi connectivity index (χ0n) is 9.13. The average molecular weight is 254 g/mol. The van der Waals surface area contributed by atoms with Gasteiger partial charge in [0.25, 0.3) is 10.1 Å². The third-order valence-electron chi connectivity index (χ3n) is 2.02. The molecule has 0 radical (unpaired) electrons. The molecule has 0 amide bonds. The topological polar surface area (TPSA) is 85.4 Å². The Kier molecular flexibility index (Phi) is 6.22. The number of rotatable bonds is 10. The first-order valence-corrected chi connectivity index (χ1v) is 6.91. The fraction of sp³-hybridized carbons (Fsp3) is 1.00. The van der Waals surface area contributed by atoms with Crippen molar-refractivity contribution in [3.8, 4) is 0 Å². The summed E-state index contributed by atoms with van der Waals surface area (Å²) in [7, 11) is -3.89. The van der Waals surface area contributed by atoms with Crippen LogP contribution in [0, 0.1) is 0 Å². The van der Waals surface area contributed by atoms with Crippen LogP contribution in [0.5, 0.6) is 0 Å². The molecule has 16 heavy (non-hydrogen) atoms. The fourth-order valence-electron chi connectivity index (χ4n) is 1.05. The predicted molar refractivity (Wildman–Crippen MR) is 57.0 cm³/mol. The molecule has 0 saturated carbocycles. The summed E-state index contributed by atoms with van der Waals surface area (Å²) in [4.78, 5) is 0. The van der Waals surface area contributed by atoms with Crippen LogP contribution in [0.4, 0.5) is 0 Å². The van der Waals surface area contributed by atoms with Crippen LogP contribution >= 0.6 is 0 Å². The molecule has 6 nitrogen and oxygen atoms in total. The van der Waals surface area contributed by atoms with E-state index in [1.54, 1.807) is 0 Å². The van der Waals surface area contributed by atoms with E-state index in [2.05, 4.69) is 0 Å². The van der Waals surface area contributed by atoms with Crippen LogP contribution < -0.4 is 0 Å². The van der Waals surface area contributed by atoms with Gasteiger partial charge in [-0.2, -0.15) is 8.42 Å². The van der Waals surface area contributed by atoms with Gasteiger partial charge in [-0.25, -0.2) is 0 Å². The van der Waals surface area contributed by atoms with Crippen molar-refractivity contribution in [2.24, 2.45) is 0 Å². The maximum absolute atomic E-state index is 10.3. The standard InChI is InChI=1S/C9H18O6S/c10-16(11,12)6-5-13-3-1-2-4-14-7-9-8-15-9/h9H,1-8H2,(H,10,11,12). The van der Waals surface area contributed by atoms with E-state index < -0.39 is 10.1 Å². The number of hydrogen-bond acceptors (Lipinski definition) is 5. The van der Waals surface area contributed by atoms with Crippen LogP contribution in [0.2, 0.25) is 0 Å². The molecule has 1 aliphatic rings. The monoisotopic (exact) mass is 254 g/mol. The van der Waals surface area contributed by atoms with E-state index in [0.29, 0.717) is 25.9 Å². The van der Waals surface area contributed by atoms with Gasteiger partial charge in [0.05, 0.1) is 25.6 Å². The maximum atomic E-state index is 10.3. The number of ether oxygens (including phenoxy) is 3. The lowest BCUT2D eigenvalue weighted by Gasteiger charge is -2.03.